The van der Waals surface area contributed by atoms with E-state index in [1.807, 2.05) is 72.8 Å². The highest BCUT2D eigenvalue weighted by atomic mass is 32.1. The first-order chi connectivity index (χ1) is 11.8. The topological polar surface area (TPSA) is 55.2 Å². The molecule has 0 aliphatic heterocycles. The smallest absolute Gasteiger partial charge is 0.216 e. The predicted octanol–water partition coefficient (Wildman–Crippen LogP) is 4.07. The molecule has 120 valence electrons. The Hall–Kier alpha value is -2.99. The number of hydrogen-bond acceptors (Lipinski definition) is 4. The molecule has 3 aromatic rings. The molecule has 0 fully saturated rings. The van der Waals surface area contributed by atoms with Gasteiger partial charge in [0.25, 0.3) is 0 Å². The molecule has 5 nitrogen and oxygen atoms in total. The fourth-order valence-corrected chi connectivity index (χ4v) is 2.22. The molecule has 0 bridgehead atoms. The molecule has 0 aliphatic carbocycles. The number of H-pyrrole nitrogens is 1. The minimum absolute atomic E-state index is 0.275. The summed E-state index contributed by atoms with van der Waals surface area (Å²) >= 11 is 5.20. The zero-order valence-electron chi connectivity index (χ0n) is 12.9. The fraction of sp³-hybridized carbons (Fsp3) is 0.0556. The average Bonchev–Trinajstić information content (AvgIpc) is 2.99. The van der Waals surface area contributed by atoms with Crippen molar-refractivity contribution in [1.82, 2.24) is 14.9 Å². The Balaban J connectivity index is 1.67. The zero-order valence-corrected chi connectivity index (χ0v) is 13.7. The third-order valence-electron chi connectivity index (χ3n) is 3.19. The predicted molar refractivity (Wildman–Crippen MR) is 97.6 cm³/mol. The van der Waals surface area contributed by atoms with Crippen molar-refractivity contribution in [2.75, 3.05) is 0 Å². The monoisotopic (exact) mass is 336 g/mol. The number of allylic oxidation sites excluding steroid dienone is 1. The summed E-state index contributed by atoms with van der Waals surface area (Å²) in [5, 5.41) is 11.2. The highest BCUT2D eigenvalue weighted by Gasteiger charge is 2.05. The van der Waals surface area contributed by atoms with Crippen molar-refractivity contribution in [2.24, 2.45) is 5.10 Å². The maximum absolute atomic E-state index is 5.68. The lowest BCUT2D eigenvalue weighted by Crippen LogP contribution is -2.03. The Morgan fingerprint density at radius 1 is 1.08 bits per heavy atom. The van der Waals surface area contributed by atoms with Crippen molar-refractivity contribution in [3.05, 3.63) is 82.9 Å². The SMILES string of the molecule is S=c1[nH]nc(COc2ccccc2)n1N=CC=Cc1ccccc1. The van der Waals surface area contributed by atoms with Gasteiger partial charge in [-0.2, -0.15) is 14.9 Å². The largest absolute Gasteiger partial charge is 0.486 e. The van der Waals surface area contributed by atoms with E-state index in [-0.39, 0.29) is 6.61 Å². The van der Waals surface area contributed by atoms with Crippen LogP contribution in [0.15, 0.2) is 71.8 Å². The number of aromatic nitrogens is 3. The maximum Gasteiger partial charge on any atom is 0.216 e. The van der Waals surface area contributed by atoms with Crippen LogP contribution in [0.1, 0.15) is 11.4 Å². The summed E-state index contributed by atoms with van der Waals surface area (Å²) in [5.74, 6) is 1.37. The third kappa shape index (κ3) is 4.27. The van der Waals surface area contributed by atoms with Crippen molar-refractivity contribution >= 4 is 24.5 Å². The van der Waals surface area contributed by atoms with Crippen LogP contribution in [0.3, 0.4) is 0 Å². The Morgan fingerprint density at radius 2 is 1.79 bits per heavy atom. The molecule has 0 radical (unpaired) electrons. The highest BCUT2D eigenvalue weighted by molar-refractivity contribution is 7.71. The van der Waals surface area contributed by atoms with Crippen LogP contribution in [-0.2, 0) is 6.61 Å². The summed E-state index contributed by atoms with van der Waals surface area (Å²) in [6, 6.07) is 19.5. The normalized spacial score (nSPS) is 11.3. The zero-order chi connectivity index (χ0) is 16.6. The molecule has 0 unspecified atom stereocenters. The maximum atomic E-state index is 5.68. The van der Waals surface area contributed by atoms with Crippen molar-refractivity contribution in [3.8, 4) is 5.75 Å². The van der Waals surface area contributed by atoms with Gasteiger partial charge in [-0.15, -0.1) is 0 Å². The van der Waals surface area contributed by atoms with Crippen LogP contribution in [0.5, 0.6) is 5.75 Å². The molecule has 0 spiro atoms. The summed E-state index contributed by atoms with van der Waals surface area (Å²) in [6.45, 7) is 0.275. The van der Waals surface area contributed by atoms with Gasteiger partial charge in [0.05, 0.1) is 0 Å². The molecule has 0 saturated carbocycles. The van der Waals surface area contributed by atoms with E-state index in [1.54, 1.807) is 10.9 Å². The number of nitrogens with zero attached hydrogens (tertiary/aromatic N) is 3. The molecule has 0 atom stereocenters. The van der Waals surface area contributed by atoms with Gasteiger partial charge < -0.3 is 4.74 Å². The molecule has 0 saturated heterocycles. The summed E-state index contributed by atoms with van der Waals surface area (Å²) in [6.07, 6.45) is 5.49. The Bertz CT molecular complexity index is 882. The Labute approximate surface area is 144 Å². The van der Waals surface area contributed by atoms with Crippen LogP contribution in [0.25, 0.3) is 6.08 Å². The number of para-hydroxylation sites is 1. The first kappa shape index (κ1) is 15.9. The highest BCUT2D eigenvalue weighted by Crippen LogP contribution is 2.10. The number of nitrogens with one attached hydrogen (secondary N) is 1. The lowest BCUT2D eigenvalue weighted by molar-refractivity contribution is 0.290. The van der Waals surface area contributed by atoms with Crippen LogP contribution in [0.4, 0.5) is 0 Å². The second-order valence-electron chi connectivity index (χ2n) is 4.89. The number of aromatic amines is 1. The number of rotatable bonds is 6. The van der Waals surface area contributed by atoms with Crippen molar-refractivity contribution in [1.29, 1.82) is 0 Å². The second kappa shape index (κ2) is 8.03. The van der Waals surface area contributed by atoms with E-state index in [0.717, 1.165) is 11.3 Å². The van der Waals surface area contributed by atoms with Gasteiger partial charge >= 0.3 is 0 Å². The second-order valence-corrected chi connectivity index (χ2v) is 5.28. The molecule has 0 aliphatic rings. The molecule has 1 aromatic heterocycles. The molecule has 1 N–H and O–H groups in total. The fourth-order valence-electron chi connectivity index (χ4n) is 2.02. The summed E-state index contributed by atoms with van der Waals surface area (Å²) in [5.41, 5.74) is 1.10. The lowest BCUT2D eigenvalue weighted by atomic mass is 10.2. The molecule has 2 aromatic carbocycles. The number of hydrogen-bond donors (Lipinski definition) is 1. The minimum Gasteiger partial charge on any atom is -0.486 e. The quantitative estimate of drug-likeness (QED) is 0.545. The molecule has 3 rings (SSSR count). The van der Waals surface area contributed by atoms with E-state index in [9.17, 15) is 0 Å². The third-order valence-corrected chi connectivity index (χ3v) is 3.45. The number of benzene rings is 2. The van der Waals surface area contributed by atoms with Crippen LogP contribution in [0, 0.1) is 4.77 Å². The molecule has 24 heavy (non-hydrogen) atoms. The summed E-state index contributed by atoms with van der Waals surface area (Å²) < 4.78 is 7.65. The molecule has 1 heterocycles. The standard InChI is InChI=1S/C18H16N4OS/c24-18-21-20-17(14-23-16-11-5-2-6-12-16)22(18)19-13-7-10-15-8-3-1-4-9-15/h1-13H,14H2,(H,21,24). The van der Waals surface area contributed by atoms with Crippen LogP contribution >= 0.6 is 12.2 Å². The Kier molecular flexibility index (Phi) is 5.32. The van der Waals surface area contributed by atoms with Crippen LogP contribution in [-0.4, -0.2) is 21.1 Å². The number of ether oxygens (including phenoxy) is 1. The lowest BCUT2D eigenvalue weighted by Gasteiger charge is -2.04. The van der Waals surface area contributed by atoms with Gasteiger partial charge in [0.1, 0.15) is 12.4 Å². The van der Waals surface area contributed by atoms with Crippen LogP contribution < -0.4 is 4.74 Å². The van der Waals surface area contributed by atoms with Gasteiger partial charge in [-0.1, -0.05) is 54.6 Å². The summed E-state index contributed by atoms with van der Waals surface area (Å²) in [7, 11) is 0. The van der Waals surface area contributed by atoms with Crippen molar-refractivity contribution < 1.29 is 4.74 Å². The van der Waals surface area contributed by atoms with Gasteiger partial charge in [0, 0.05) is 6.21 Å². The van der Waals surface area contributed by atoms with Crippen molar-refractivity contribution in [3.63, 3.8) is 0 Å². The molecule has 6 heteroatoms. The van der Waals surface area contributed by atoms with Crippen molar-refractivity contribution in [2.45, 2.75) is 6.61 Å². The van der Waals surface area contributed by atoms with E-state index in [1.165, 1.54) is 0 Å². The van der Waals surface area contributed by atoms with Gasteiger partial charge in [-0.25, -0.2) is 5.10 Å². The van der Waals surface area contributed by atoms with Gasteiger partial charge in [-0.3, -0.25) is 0 Å². The average molecular weight is 336 g/mol. The van der Waals surface area contributed by atoms with Gasteiger partial charge in [-0.05, 0) is 36.0 Å². The van der Waals surface area contributed by atoms with Gasteiger partial charge in [0.2, 0.25) is 4.77 Å². The van der Waals surface area contributed by atoms with E-state index in [4.69, 9.17) is 17.0 Å². The van der Waals surface area contributed by atoms with E-state index in [2.05, 4.69) is 15.3 Å². The van der Waals surface area contributed by atoms with Gasteiger partial charge in [0.15, 0.2) is 5.82 Å². The summed E-state index contributed by atoms with van der Waals surface area (Å²) in [4.78, 5) is 0. The van der Waals surface area contributed by atoms with E-state index < -0.39 is 0 Å². The van der Waals surface area contributed by atoms with E-state index >= 15 is 0 Å². The molecule has 0 amide bonds. The first-order valence-electron chi connectivity index (χ1n) is 7.43. The van der Waals surface area contributed by atoms with Crippen LogP contribution in [0.2, 0.25) is 0 Å². The van der Waals surface area contributed by atoms with E-state index in [0.29, 0.717) is 10.6 Å². The first-order valence-corrected chi connectivity index (χ1v) is 7.84. The molecular formula is C18H16N4OS. The Morgan fingerprint density at radius 3 is 2.54 bits per heavy atom. The minimum atomic E-state index is 0.275. The molecular weight excluding hydrogens is 320 g/mol.